The van der Waals surface area contributed by atoms with Crippen LogP contribution in [0.4, 0.5) is 0 Å². The summed E-state index contributed by atoms with van der Waals surface area (Å²) in [6, 6.07) is 12.6. The lowest BCUT2D eigenvalue weighted by Gasteiger charge is -2.18. The predicted molar refractivity (Wildman–Crippen MR) is 119 cm³/mol. The van der Waals surface area contributed by atoms with Crippen LogP contribution < -0.4 is 4.74 Å². The van der Waals surface area contributed by atoms with Crippen LogP contribution in [0.1, 0.15) is 49.7 Å². The summed E-state index contributed by atoms with van der Waals surface area (Å²) in [6.07, 6.45) is 0.720. The predicted octanol–water partition coefficient (Wildman–Crippen LogP) is 4.35. The van der Waals surface area contributed by atoms with Gasteiger partial charge < -0.3 is 9.47 Å². The van der Waals surface area contributed by atoms with E-state index in [4.69, 9.17) is 9.47 Å². The molecule has 0 aliphatic rings. The molecule has 1 atom stereocenters. The minimum atomic E-state index is -3.47. The molecule has 0 aliphatic carbocycles. The van der Waals surface area contributed by atoms with Crippen molar-refractivity contribution in [2.24, 2.45) is 0 Å². The van der Waals surface area contributed by atoms with E-state index in [1.165, 1.54) is 6.26 Å². The molecule has 1 heterocycles. The van der Waals surface area contributed by atoms with Crippen LogP contribution in [0.15, 0.2) is 47.4 Å². The highest BCUT2D eigenvalue weighted by molar-refractivity contribution is 7.90. The fourth-order valence-electron chi connectivity index (χ4n) is 3.15. The molecule has 3 rings (SSSR count). The number of nitrogens with zero attached hydrogens (tertiary/aromatic N) is 3. The van der Waals surface area contributed by atoms with Crippen molar-refractivity contribution in [3.8, 4) is 11.4 Å². The summed E-state index contributed by atoms with van der Waals surface area (Å²) in [6.45, 7) is 9.99. The summed E-state index contributed by atoms with van der Waals surface area (Å²) in [5.41, 5.74) is 2.60. The first-order valence-electron chi connectivity index (χ1n) is 10.2. The van der Waals surface area contributed by atoms with Gasteiger partial charge in [-0.05, 0) is 63.9 Å². The highest BCUT2D eigenvalue weighted by Crippen LogP contribution is 2.29. The summed E-state index contributed by atoms with van der Waals surface area (Å²) in [7, 11) is -3.47. The molecule has 0 N–H and O–H groups in total. The van der Waals surface area contributed by atoms with Crippen molar-refractivity contribution >= 4 is 9.84 Å². The molecule has 7 nitrogen and oxygen atoms in total. The van der Waals surface area contributed by atoms with E-state index in [-0.39, 0.29) is 17.6 Å². The molecule has 8 heteroatoms. The van der Waals surface area contributed by atoms with E-state index in [2.05, 4.69) is 10.1 Å². The molecule has 0 spiro atoms. The van der Waals surface area contributed by atoms with Crippen molar-refractivity contribution in [1.82, 2.24) is 14.8 Å². The minimum Gasteiger partial charge on any atom is -0.482 e. The maximum Gasteiger partial charge on any atom is 0.177 e. The molecule has 0 bridgehead atoms. The number of para-hydroxylation sites is 1. The number of hydrogen-bond donors (Lipinski definition) is 0. The molecule has 0 aliphatic heterocycles. The molecule has 0 fully saturated rings. The van der Waals surface area contributed by atoms with E-state index < -0.39 is 15.9 Å². The third-order valence-corrected chi connectivity index (χ3v) is 6.08. The van der Waals surface area contributed by atoms with Gasteiger partial charge in [-0.15, -0.1) is 5.10 Å². The second kappa shape index (κ2) is 9.20. The number of hydrogen-bond acceptors (Lipinski definition) is 6. The minimum absolute atomic E-state index is 0.0160. The van der Waals surface area contributed by atoms with Gasteiger partial charge in [0.2, 0.25) is 0 Å². The Morgan fingerprint density at radius 3 is 2.42 bits per heavy atom. The number of ether oxygens (including phenoxy) is 2. The Labute approximate surface area is 184 Å². The third kappa shape index (κ3) is 5.32. The van der Waals surface area contributed by atoms with E-state index in [9.17, 15) is 8.42 Å². The van der Waals surface area contributed by atoms with Crippen molar-refractivity contribution in [2.75, 3.05) is 6.26 Å². The van der Waals surface area contributed by atoms with Gasteiger partial charge in [-0.3, -0.25) is 0 Å². The molecule has 1 unspecified atom stereocenters. The van der Waals surface area contributed by atoms with Gasteiger partial charge in [0, 0.05) is 6.26 Å². The van der Waals surface area contributed by atoms with Crippen molar-refractivity contribution in [3.05, 3.63) is 65.2 Å². The van der Waals surface area contributed by atoms with Gasteiger partial charge in [0.05, 0.1) is 16.7 Å². The summed E-state index contributed by atoms with van der Waals surface area (Å²) >= 11 is 0. The highest BCUT2D eigenvalue weighted by atomic mass is 32.2. The molecule has 1 aromatic heterocycles. The van der Waals surface area contributed by atoms with Crippen LogP contribution in [-0.4, -0.2) is 35.5 Å². The lowest BCUT2D eigenvalue weighted by molar-refractivity contribution is 0.0612. The number of aromatic nitrogens is 3. The highest BCUT2D eigenvalue weighted by Gasteiger charge is 2.24. The van der Waals surface area contributed by atoms with E-state index in [1.807, 2.05) is 52.8 Å². The van der Waals surface area contributed by atoms with Crippen molar-refractivity contribution < 1.29 is 17.9 Å². The molecule has 2 aromatic carbocycles. The Bertz CT molecular complexity index is 1170. The van der Waals surface area contributed by atoms with Gasteiger partial charge in [0.25, 0.3) is 0 Å². The average molecular weight is 444 g/mol. The Hall–Kier alpha value is -2.71. The summed E-state index contributed by atoms with van der Waals surface area (Å²) in [5, 5.41) is 4.57. The fraction of sp³-hybridized carbons (Fsp3) is 0.391. The smallest absolute Gasteiger partial charge is 0.177 e. The van der Waals surface area contributed by atoms with Crippen molar-refractivity contribution in [3.63, 3.8) is 0 Å². The first-order valence-corrected chi connectivity index (χ1v) is 12.1. The SMILES string of the molecule is Cc1cccc(OC(C)c2nc(COC(C)C)nn2-c2ccccc2S(C)(=O)=O)c1C. The molecule has 3 aromatic rings. The van der Waals surface area contributed by atoms with Gasteiger partial charge in [-0.25, -0.2) is 18.1 Å². The summed E-state index contributed by atoms with van der Waals surface area (Å²) in [5.74, 6) is 1.71. The zero-order valence-electron chi connectivity index (χ0n) is 18.8. The van der Waals surface area contributed by atoms with Gasteiger partial charge >= 0.3 is 0 Å². The third-order valence-electron chi connectivity index (χ3n) is 4.94. The van der Waals surface area contributed by atoms with Crippen LogP contribution in [-0.2, 0) is 21.2 Å². The van der Waals surface area contributed by atoms with Crippen LogP contribution in [0.5, 0.6) is 5.75 Å². The molecular formula is C23H29N3O4S. The molecule has 0 saturated heterocycles. The summed E-state index contributed by atoms with van der Waals surface area (Å²) in [4.78, 5) is 4.81. The zero-order valence-corrected chi connectivity index (χ0v) is 19.6. The molecule has 0 amide bonds. The zero-order chi connectivity index (χ0) is 22.8. The quantitative estimate of drug-likeness (QED) is 0.515. The Morgan fingerprint density at radius 2 is 1.74 bits per heavy atom. The van der Waals surface area contributed by atoms with Crippen molar-refractivity contribution in [1.29, 1.82) is 0 Å². The maximum atomic E-state index is 12.4. The molecule has 0 radical (unpaired) electrons. The van der Waals surface area contributed by atoms with Crippen LogP contribution in [0.3, 0.4) is 0 Å². The van der Waals surface area contributed by atoms with Gasteiger partial charge in [-0.1, -0.05) is 24.3 Å². The van der Waals surface area contributed by atoms with Crippen LogP contribution >= 0.6 is 0 Å². The fourth-order valence-corrected chi connectivity index (χ4v) is 4.01. The summed E-state index contributed by atoms with van der Waals surface area (Å²) < 4.78 is 38.2. The first-order chi connectivity index (χ1) is 14.6. The number of sulfone groups is 1. The Morgan fingerprint density at radius 1 is 1.03 bits per heavy atom. The normalized spacial score (nSPS) is 12.9. The lowest BCUT2D eigenvalue weighted by atomic mass is 10.1. The van der Waals surface area contributed by atoms with Crippen LogP contribution in [0, 0.1) is 13.8 Å². The molecule has 166 valence electrons. The topological polar surface area (TPSA) is 83.3 Å². The van der Waals surface area contributed by atoms with E-state index in [1.54, 1.807) is 28.9 Å². The number of rotatable bonds is 8. The monoisotopic (exact) mass is 443 g/mol. The molecular weight excluding hydrogens is 414 g/mol. The van der Waals surface area contributed by atoms with Gasteiger partial charge in [0.15, 0.2) is 27.6 Å². The lowest BCUT2D eigenvalue weighted by Crippen LogP contribution is -2.14. The van der Waals surface area contributed by atoms with E-state index in [0.717, 1.165) is 16.9 Å². The average Bonchev–Trinajstić information content (AvgIpc) is 3.13. The Balaban J connectivity index is 2.08. The largest absolute Gasteiger partial charge is 0.482 e. The maximum absolute atomic E-state index is 12.4. The number of benzene rings is 2. The molecule has 31 heavy (non-hydrogen) atoms. The van der Waals surface area contributed by atoms with Crippen molar-refractivity contribution in [2.45, 2.75) is 58.3 Å². The second-order valence-electron chi connectivity index (χ2n) is 7.86. The first kappa shape index (κ1) is 23.0. The van der Waals surface area contributed by atoms with Crippen LogP contribution in [0.25, 0.3) is 5.69 Å². The number of aryl methyl sites for hydroxylation is 1. The van der Waals surface area contributed by atoms with Crippen LogP contribution in [0.2, 0.25) is 0 Å². The van der Waals surface area contributed by atoms with Gasteiger partial charge in [-0.2, -0.15) is 0 Å². The van der Waals surface area contributed by atoms with E-state index in [0.29, 0.717) is 17.3 Å². The molecule has 0 saturated carbocycles. The van der Waals surface area contributed by atoms with E-state index >= 15 is 0 Å². The Kier molecular flexibility index (Phi) is 6.81. The van der Waals surface area contributed by atoms with Gasteiger partial charge in [0.1, 0.15) is 12.4 Å². The second-order valence-corrected chi connectivity index (χ2v) is 9.84. The standard InChI is InChI=1S/C23H29N3O4S/c1-15(2)29-14-22-24-23(18(5)30-20-12-9-10-16(3)17(20)4)26(25-22)19-11-7-8-13-21(19)31(6,27)28/h7-13,15,18H,14H2,1-6H3.